The minimum Gasteiger partial charge on any atom is -0.314 e. The van der Waals surface area contributed by atoms with E-state index in [4.69, 9.17) is 0 Å². The highest BCUT2D eigenvalue weighted by atomic mass is 32.1. The van der Waals surface area contributed by atoms with Gasteiger partial charge in [-0.3, -0.25) is 0 Å². The lowest BCUT2D eigenvalue weighted by molar-refractivity contribution is 0.176. The third-order valence-electron chi connectivity index (χ3n) is 4.35. The molecule has 1 N–H and O–H groups in total. The van der Waals surface area contributed by atoms with Gasteiger partial charge in [0.25, 0.3) is 0 Å². The summed E-state index contributed by atoms with van der Waals surface area (Å²) in [6, 6.07) is 0.608. The van der Waals surface area contributed by atoms with Crippen molar-refractivity contribution in [3.8, 4) is 0 Å². The van der Waals surface area contributed by atoms with Gasteiger partial charge in [0.15, 0.2) is 0 Å². The van der Waals surface area contributed by atoms with E-state index < -0.39 is 0 Å². The lowest BCUT2D eigenvalue weighted by Gasteiger charge is -2.36. The summed E-state index contributed by atoms with van der Waals surface area (Å²) in [5.41, 5.74) is 1.28. The normalized spacial score (nSPS) is 29.4. The Morgan fingerprint density at radius 1 is 1.32 bits per heavy atom. The van der Waals surface area contributed by atoms with Crippen molar-refractivity contribution in [1.29, 1.82) is 0 Å². The zero-order valence-electron chi connectivity index (χ0n) is 12.8. The topological polar surface area (TPSA) is 24.9 Å². The summed E-state index contributed by atoms with van der Waals surface area (Å²) in [7, 11) is 0. The van der Waals surface area contributed by atoms with Crippen LogP contribution in [0.15, 0.2) is 5.38 Å². The monoisotopic (exact) mass is 280 g/mol. The van der Waals surface area contributed by atoms with Crippen LogP contribution in [0.3, 0.4) is 0 Å². The molecule has 108 valence electrons. The number of nitrogens with zero attached hydrogens (tertiary/aromatic N) is 1. The van der Waals surface area contributed by atoms with Gasteiger partial charge in [0, 0.05) is 17.8 Å². The minimum atomic E-state index is 0.608. The summed E-state index contributed by atoms with van der Waals surface area (Å²) in [5.74, 6) is 2.58. The van der Waals surface area contributed by atoms with Crippen molar-refractivity contribution in [1.82, 2.24) is 10.3 Å². The molecule has 1 aromatic heterocycles. The highest BCUT2D eigenvalue weighted by Gasteiger charge is 2.30. The molecule has 2 nitrogen and oxygen atoms in total. The molecule has 3 heteroatoms. The van der Waals surface area contributed by atoms with E-state index in [1.54, 1.807) is 11.3 Å². The third kappa shape index (κ3) is 4.28. The van der Waals surface area contributed by atoms with E-state index in [1.165, 1.54) is 30.0 Å². The second-order valence-corrected chi connectivity index (χ2v) is 7.47. The van der Waals surface area contributed by atoms with Gasteiger partial charge in [-0.15, -0.1) is 11.3 Å². The molecule has 19 heavy (non-hydrogen) atoms. The standard InChI is InChI=1S/C16H28N2S/c1-5-17-16(9-15-10-19-13(4)18-15)14-7-11(2)6-12(3)8-14/h10-12,14,16-17H,5-9H2,1-4H3. The van der Waals surface area contributed by atoms with E-state index in [0.29, 0.717) is 6.04 Å². The van der Waals surface area contributed by atoms with Crippen LogP contribution in [-0.2, 0) is 6.42 Å². The number of rotatable bonds is 5. The van der Waals surface area contributed by atoms with Crippen LogP contribution in [0.25, 0.3) is 0 Å². The zero-order valence-corrected chi connectivity index (χ0v) is 13.6. The summed E-state index contributed by atoms with van der Waals surface area (Å²) >= 11 is 1.77. The molecule has 1 aromatic rings. The van der Waals surface area contributed by atoms with Crippen molar-refractivity contribution in [2.24, 2.45) is 17.8 Å². The first kappa shape index (κ1) is 15.0. The Labute approximate surface area is 122 Å². The smallest absolute Gasteiger partial charge is 0.0897 e. The Morgan fingerprint density at radius 3 is 2.53 bits per heavy atom. The predicted octanol–water partition coefficient (Wildman–Crippen LogP) is 4.04. The molecule has 0 saturated heterocycles. The molecular weight excluding hydrogens is 252 g/mol. The zero-order chi connectivity index (χ0) is 13.8. The fraction of sp³-hybridized carbons (Fsp3) is 0.812. The second-order valence-electron chi connectivity index (χ2n) is 6.40. The fourth-order valence-corrected chi connectivity index (χ4v) is 4.36. The van der Waals surface area contributed by atoms with Gasteiger partial charge in [0.05, 0.1) is 10.7 Å². The number of hydrogen-bond acceptors (Lipinski definition) is 3. The number of hydrogen-bond donors (Lipinski definition) is 1. The summed E-state index contributed by atoms with van der Waals surface area (Å²) in [5, 5.41) is 7.14. The van der Waals surface area contributed by atoms with Crippen molar-refractivity contribution in [2.45, 2.75) is 59.4 Å². The molecule has 1 saturated carbocycles. The van der Waals surface area contributed by atoms with Crippen LogP contribution in [0.2, 0.25) is 0 Å². The third-order valence-corrected chi connectivity index (χ3v) is 5.17. The maximum Gasteiger partial charge on any atom is 0.0897 e. The van der Waals surface area contributed by atoms with E-state index >= 15 is 0 Å². The lowest BCUT2D eigenvalue weighted by atomic mass is 9.73. The molecular formula is C16H28N2S. The molecule has 3 unspecified atom stereocenters. The van der Waals surface area contributed by atoms with E-state index in [1.807, 2.05) is 0 Å². The summed E-state index contributed by atoms with van der Waals surface area (Å²) in [6.45, 7) is 10.2. The lowest BCUT2D eigenvalue weighted by Crippen LogP contribution is -2.41. The highest BCUT2D eigenvalue weighted by Crippen LogP contribution is 2.35. The predicted molar refractivity (Wildman–Crippen MR) is 83.7 cm³/mol. The van der Waals surface area contributed by atoms with Crippen molar-refractivity contribution in [3.63, 3.8) is 0 Å². The maximum atomic E-state index is 4.64. The van der Waals surface area contributed by atoms with Gasteiger partial charge in [0.1, 0.15) is 0 Å². The highest BCUT2D eigenvalue weighted by molar-refractivity contribution is 7.09. The molecule has 1 heterocycles. The first-order valence-electron chi connectivity index (χ1n) is 7.72. The van der Waals surface area contributed by atoms with Crippen molar-refractivity contribution < 1.29 is 0 Å². The molecule has 0 aliphatic heterocycles. The summed E-state index contributed by atoms with van der Waals surface area (Å²) < 4.78 is 0. The van der Waals surface area contributed by atoms with E-state index in [9.17, 15) is 0 Å². The van der Waals surface area contributed by atoms with Gasteiger partial charge in [-0.05, 0) is 50.5 Å². The van der Waals surface area contributed by atoms with Crippen molar-refractivity contribution in [2.75, 3.05) is 6.54 Å². The first-order chi connectivity index (χ1) is 9.08. The van der Waals surface area contributed by atoms with Crippen LogP contribution in [0.5, 0.6) is 0 Å². The Balaban J connectivity index is 2.02. The number of aryl methyl sites for hydroxylation is 1. The molecule has 1 aliphatic rings. The van der Waals surface area contributed by atoms with Crippen LogP contribution >= 0.6 is 11.3 Å². The molecule has 0 spiro atoms. The summed E-state index contributed by atoms with van der Waals surface area (Å²) in [4.78, 5) is 4.64. The number of nitrogens with one attached hydrogen (secondary N) is 1. The van der Waals surface area contributed by atoms with Crippen LogP contribution in [-0.4, -0.2) is 17.6 Å². The molecule has 2 rings (SSSR count). The van der Waals surface area contributed by atoms with Crippen LogP contribution in [0.1, 0.15) is 50.7 Å². The fourth-order valence-electron chi connectivity index (χ4n) is 3.73. The molecule has 1 aliphatic carbocycles. The van der Waals surface area contributed by atoms with Crippen molar-refractivity contribution >= 4 is 11.3 Å². The Bertz CT molecular complexity index is 378. The SMILES string of the molecule is CCNC(Cc1csc(C)n1)C1CC(C)CC(C)C1. The van der Waals surface area contributed by atoms with Crippen molar-refractivity contribution in [3.05, 3.63) is 16.1 Å². The molecule has 0 bridgehead atoms. The largest absolute Gasteiger partial charge is 0.314 e. The Morgan fingerprint density at radius 2 is 2.00 bits per heavy atom. The molecule has 0 amide bonds. The van der Waals surface area contributed by atoms with Gasteiger partial charge >= 0.3 is 0 Å². The first-order valence-corrected chi connectivity index (χ1v) is 8.60. The van der Waals surface area contributed by atoms with E-state index in [-0.39, 0.29) is 0 Å². The number of thiazole rings is 1. The van der Waals surface area contributed by atoms with Gasteiger partial charge < -0.3 is 5.32 Å². The van der Waals surface area contributed by atoms with E-state index in [0.717, 1.165) is 30.7 Å². The van der Waals surface area contributed by atoms with Gasteiger partial charge in [-0.1, -0.05) is 20.8 Å². The molecule has 3 atom stereocenters. The number of likely N-dealkylation sites (N-methyl/N-ethyl adjacent to an activating group) is 1. The van der Waals surface area contributed by atoms with Crippen LogP contribution < -0.4 is 5.32 Å². The van der Waals surface area contributed by atoms with Crippen LogP contribution in [0, 0.1) is 24.7 Å². The Kier molecular flexibility index (Phi) is 5.40. The average molecular weight is 280 g/mol. The number of aromatic nitrogens is 1. The minimum absolute atomic E-state index is 0.608. The van der Waals surface area contributed by atoms with Gasteiger partial charge in [0.2, 0.25) is 0 Å². The Hall–Kier alpha value is -0.410. The maximum absolute atomic E-state index is 4.64. The van der Waals surface area contributed by atoms with Gasteiger partial charge in [-0.2, -0.15) is 0 Å². The molecule has 1 fully saturated rings. The molecule has 0 radical (unpaired) electrons. The van der Waals surface area contributed by atoms with E-state index in [2.05, 4.69) is 43.4 Å². The quantitative estimate of drug-likeness (QED) is 0.880. The molecule has 0 aromatic carbocycles. The van der Waals surface area contributed by atoms with Crippen LogP contribution in [0.4, 0.5) is 0 Å². The summed E-state index contributed by atoms with van der Waals surface area (Å²) in [6.07, 6.45) is 5.27. The van der Waals surface area contributed by atoms with Gasteiger partial charge in [-0.25, -0.2) is 4.98 Å². The average Bonchev–Trinajstić information content (AvgIpc) is 2.73. The second kappa shape index (κ2) is 6.85.